The number of carbonyl (C=O) groups is 1. The Kier molecular flexibility index (Phi) is 5.91. The second-order valence-corrected chi connectivity index (χ2v) is 8.97. The summed E-state index contributed by atoms with van der Waals surface area (Å²) in [4.78, 5) is 27.4. The van der Waals surface area contributed by atoms with Crippen molar-refractivity contribution in [1.29, 1.82) is 5.26 Å². The lowest BCUT2D eigenvalue weighted by molar-refractivity contribution is 0.102. The number of anilines is 2. The molecular weight excluding hydrogens is 444 g/mol. The smallest absolute Gasteiger partial charge is 0.255 e. The van der Waals surface area contributed by atoms with Gasteiger partial charge in [0, 0.05) is 48.6 Å². The third-order valence-corrected chi connectivity index (χ3v) is 6.84. The van der Waals surface area contributed by atoms with Crippen molar-refractivity contribution in [3.63, 3.8) is 0 Å². The van der Waals surface area contributed by atoms with Crippen LogP contribution in [0.1, 0.15) is 34.0 Å². The largest absolute Gasteiger partial charge is 0.493 e. The van der Waals surface area contributed by atoms with E-state index in [2.05, 4.69) is 16.3 Å². The van der Waals surface area contributed by atoms with Gasteiger partial charge in [-0.2, -0.15) is 5.26 Å². The van der Waals surface area contributed by atoms with Crippen molar-refractivity contribution >= 4 is 17.3 Å². The molecular formula is C27H26N4O4. The van der Waals surface area contributed by atoms with Crippen LogP contribution in [0.3, 0.4) is 0 Å². The van der Waals surface area contributed by atoms with Crippen molar-refractivity contribution in [1.82, 2.24) is 4.57 Å². The number of methoxy groups -OCH3 is 2. The molecule has 5 rings (SSSR count). The van der Waals surface area contributed by atoms with Crippen LogP contribution in [0.25, 0.3) is 0 Å². The van der Waals surface area contributed by atoms with Crippen molar-refractivity contribution in [2.45, 2.75) is 18.9 Å². The van der Waals surface area contributed by atoms with Crippen molar-refractivity contribution in [3.05, 3.63) is 81.8 Å². The molecule has 0 saturated carbocycles. The SMILES string of the molecule is COc1ccc(C(=O)Nc2ccc(N3C[C@H]4C[C@@H](C3)c3cccc(=O)n3C4)c(C#N)c2)cc1OC. The highest BCUT2D eigenvalue weighted by Crippen LogP contribution is 2.38. The van der Waals surface area contributed by atoms with E-state index in [0.29, 0.717) is 40.8 Å². The number of benzene rings is 2. The fraction of sp³-hybridized carbons (Fsp3) is 0.296. The van der Waals surface area contributed by atoms with E-state index >= 15 is 0 Å². The number of fused-ring (bicyclic) bond motifs is 4. The zero-order chi connectivity index (χ0) is 24.5. The molecule has 2 aliphatic heterocycles. The predicted octanol–water partition coefficient (Wildman–Crippen LogP) is 3.61. The van der Waals surface area contributed by atoms with Crippen LogP contribution in [-0.2, 0) is 6.54 Å². The van der Waals surface area contributed by atoms with E-state index in [1.165, 1.54) is 14.2 Å². The van der Waals surface area contributed by atoms with Gasteiger partial charge in [-0.05, 0) is 54.8 Å². The van der Waals surface area contributed by atoms with Gasteiger partial charge in [-0.15, -0.1) is 0 Å². The molecule has 1 amide bonds. The standard InChI is InChI=1S/C27H26N4O4/c1-34-24-9-6-18(12-25(24)35-2)27(33)29-21-7-8-22(19(11-21)13-28)30-14-17-10-20(16-30)23-4-3-5-26(32)31(23)15-17/h3-9,11-12,17,20H,10,14-16H2,1-2H3,(H,29,33)/t17-,20+/m1/s1. The molecule has 178 valence electrons. The summed E-state index contributed by atoms with van der Waals surface area (Å²) in [6, 6.07) is 18.1. The fourth-order valence-corrected chi connectivity index (χ4v) is 5.25. The van der Waals surface area contributed by atoms with Gasteiger partial charge < -0.3 is 24.3 Å². The number of nitrogens with one attached hydrogen (secondary N) is 1. The number of nitriles is 1. The zero-order valence-electron chi connectivity index (χ0n) is 19.7. The Morgan fingerprint density at radius 1 is 1.03 bits per heavy atom. The number of carbonyl (C=O) groups excluding carboxylic acids is 1. The first-order chi connectivity index (χ1) is 17.0. The molecule has 2 aliphatic rings. The van der Waals surface area contributed by atoms with Gasteiger partial charge in [-0.3, -0.25) is 9.59 Å². The molecule has 8 nitrogen and oxygen atoms in total. The molecule has 2 aromatic carbocycles. The molecule has 1 aromatic heterocycles. The fourth-order valence-electron chi connectivity index (χ4n) is 5.25. The van der Waals surface area contributed by atoms with Gasteiger partial charge in [0.05, 0.1) is 25.5 Å². The van der Waals surface area contributed by atoms with Crippen LogP contribution in [0.15, 0.2) is 59.4 Å². The van der Waals surface area contributed by atoms with Crippen LogP contribution in [0.5, 0.6) is 11.5 Å². The number of hydrogen-bond acceptors (Lipinski definition) is 6. The first-order valence-electron chi connectivity index (χ1n) is 11.5. The minimum absolute atomic E-state index is 0.0536. The number of pyridine rings is 1. The van der Waals surface area contributed by atoms with Crippen LogP contribution in [0, 0.1) is 17.2 Å². The van der Waals surface area contributed by atoms with Crippen molar-refractivity contribution in [3.8, 4) is 17.6 Å². The first-order valence-corrected chi connectivity index (χ1v) is 11.5. The van der Waals surface area contributed by atoms with Crippen LogP contribution in [-0.4, -0.2) is 37.8 Å². The number of aromatic nitrogens is 1. The maximum atomic E-state index is 12.8. The average molecular weight is 471 g/mol. The third-order valence-electron chi connectivity index (χ3n) is 6.84. The number of rotatable bonds is 5. The van der Waals surface area contributed by atoms with Gasteiger partial charge in [-0.1, -0.05) is 6.07 Å². The summed E-state index contributed by atoms with van der Waals surface area (Å²) in [5, 5.41) is 12.8. The highest BCUT2D eigenvalue weighted by molar-refractivity contribution is 6.04. The molecule has 8 heteroatoms. The van der Waals surface area contributed by atoms with E-state index in [4.69, 9.17) is 9.47 Å². The molecule has 0 radical (unpaired) electrons. The quantitative estimate of drug-likeness (QED) is 0.612. The van der Waals surface area contributed by atoms with Gasteiger partial charge in [0.1, 0.15) is 6.07 Å². The van der Waals surface area contributed by atoms with Crippen molar-refractivity contribution < 1.29 is 14.3 Å². The summed E-state index contributed by atoms with van der Waals surface area (Å²) < 4.78 is 12.4. The van der Waals surface area contributed by atoms with Crippen LogP contribution in [0.2, 0.25) is 0 Å². The summed E-state index contributed by atoms with van der Waals surface area (Å²) in [6.45, 7) is 2.22. The zero-order valence-corrected chi connectivity index (χ0v) is 19.7. The lowest BCUT2D eigenvalue weighted by Crippen LogP contribution is -2.47. The molecule has 2 bridgehead atoms. The molecule has 0 aliphatic carbocycles. The Hall–Kier alpha value is -4.25. The Morgan fingerprint density at radius 3 is 2.63 bits per heavy atom. The van der Waals surface area contributed by atoms with Gasteiger partial charge in [0.25, 0.3) is 11.5 Å². The van der Waals surface area contributed by atoms with E-state index in [-0.39, 0.29) is 17.4 Å². The maximum Gasteiger partial charge on any atom is 0.255 e. The lowest BCUT2D eigenvalue weighted by atomic mass is 9.82. The molecule has 1 fully saturated rings. The summed E-state index contributed by atoms with van der Waals surface area (Å²) in [6.07, 6.45) is 1.04. The molecule has 0 unspecified atom stereocenters. The van der Waals surface area contributed by atoms with E-state index < -0.39 is 0 Å². The number of ether oxygens (including phenoxy) is 2. The summed E-state index contributed by atoms with van der Waals surface area (Å²) in [7, 11) is 3.06. The molecule has 0 spiro atoms. The van der Waals surface area contributed by atoms with Crippen molar-refractivity contribution in [2.75, 3.05) is 37.5 Å². The molecule has 3 aromatic rings. The number of nitrogens with zero attached hydrogens (tertiary/aromatic N) is 3. The predicted molar refractivity (Wildman–Crippen MR) is 132 cm³/mol. The minimum atomic E-state index is -0.308. The monoisotopic (exact) mass is 470 g/mol. The first kappa shape index (κ1) is 22.5. The highest BCUT2D eigenvalue weighted by Gasteiger charge is 2.35. The number of piperidine rings is 1. The Labute approximate surface area is 203 Å². The normalized spacial score (nSPS) is 18.3. The van der Waals surface area contributed by atoms with Crippen molar-refractivity contribution in [2.24, 2.45) is 5.92 Å². The molecule has 1 N–H and O–H groups in total. The van der Waals surface area contributed by atoms with Gasteiger partial charge in [0.15, 0.2) is 11.5 Å². The second kappa shape index (κ2) is 9.18. The van der Waals surface area contributed by atoms with E-state index in [9.17, 15) is 14.9 Å². The molecule has 3 heterocycles. The van der Waals surface area contributed by atoms with Crippen LogP contribution >= 0.6 is 0 Å². The molecule has 1 saturated heterocycles. The van der Waals surface area contributed by atoms with Gasteiger partial charge in [-0.25, -0.2) is 0 Å². The third kappa shape index (κ3) is 4.21. The average Bonchev–Trinajstić information content (AvgIpc) is 2.88. The highest BCUT2D eigenvalue weighted by atomic mass is 16.5. The van der Waals surface area contributed by atoms with Gasteiger partial charge >= 0.3 is 0 Å². The summed E-state index contributed by atoms with van der Waals surface area (Å²) >= 11 is 0. The van der Waals surface area contributed by atoms with Crippen LogP contribution < -0.4 is 25.2 Å². The topological polar surface area (TPSA) is 96.6 Å². The van der Waals surface area contributed by atoms with Crippen LogP contribution in [0.4, 0.5) is 11.4 Å². The summed E-state index contributed by atoms with van der Waals surface area (Å²) in [5.74, 6) is 1.29. The Bertz CT molecular complexity index is 1390. The number of hydrogen-bond donors (Lipinski definition) is 1. The van der Waals surface area contributed by atoms with E-state index in [1.807, 2.05) is 28.8 Å². The van der Waals surface area contributed by atoms with E-state index in [0.717, 1.165) is 30.9 Å². The molecule has 2 atom stereocenters. The second-order valence-electron chi connectivity index (χ2n) is 8.97. The summed E-state index contributed by atoms with van der Waals surface area (Å²) in [5.41, 5.74) is 3.43. The maximum absolute atomic E-state index is 12.8. The Balaban J connectivity index is 1.36. The van der Waals surface area contributed by atoms with Gasteiger partial charge in [0.2, 0.25) is 0 Å². The number of amides is 1. The van der Waals surface area contributed by atoms with E-state index in [1.54, 1.807) is 30.3 Å². The minimum Gasteiger partial charge on any atom is -0.493 e. The Morgan fingerprint density at radius 2 is 1.86 bits per heavy atom. The molecule has 35 heavy (non-hydrogen) atoms. The lowest BCUT2D eigenvalue weighted by Gasteiger charge is -2.44.